The van der Waals surface area contributed by atoms with E-state index in [2.05, 4.69) is 15.5 Å². The van der Waals surface area contributed by atoms with Crippen molar-refractivity contribution in [1.29, 1.82) is 0 Å². The zero-order valence-corrected chi connectivity index (χ0v) is 16.8. The molecular weight excluding hydrogens is 402 g/mol. The fourth-order valence-electron chi connectivity index (χ4n) is 3.66. The molecule has 1 heterocycles. The van der Waals surface area contributed by atoms with Crippen LogP contribution in [0.3, 0.4) is 0 Å². The lowest BCUT2D eigenvalue weighted by atomic mass is 9.74. The van der Waals surface area contributed by atoms with Gasteiger partial charge in [0.05, 0.1) is 25.4 Å². The smallest absolute Gasteiger partial charge is 0.418 e. The molecule has 3 N–H and O–H groups in total. The molecule has 2 aromatic carbocycles. The zero-order valence-electron chi connectivity index (χ0n) is 16.8. The number of H-pyrrole nitrogens is 1. The Kier molecular flexibility index (Phi) is 5.68. The van der Waals surface area contributed by atoms with Gasteiger partial charge < -0.3 is 15.2 Å². The second kappa shape index (κ2) is 7.79. The van der Waals surface area contributed by atoms with Gasteiger partial charge in [-0.1, -0.05) is 19.9 Å². The van der Waals surface area contributed by atoms with Crippen molar-refractivity contribution in [1.82, 2.24) is 10.2 Å². The monoisotopic (exact) mass is 425 g/mol. The Morgan fingerprint density at radius 2 is 1.90 bits per heavy atom. The van der Waals surface area contributed by atoms with Crippen molar-refractivity contribution in [2.75, 3.05) is 19.0 Å². The van der Waals surface area contributed by atoms with Crippen LogP contribution < -0.4 is 10.1 Å². The number of rotatable bonds is 7. The number of nitrogens with zero attached hydrogens (tertiary/aromatic N) is 1. The van der Waals surface area contributed by atoms with E-state index < -0.39 is 36.0 Å². The predicted octanol–water partition coefficient (Wildman–Crippen LogP) is 4.78. The molecule has 0 spiro atoms. The average Bonchev–Trinajstić information content (AvgIpc) is 3.14. The number of alkyl halides is 3. The molecule has 0 saturated heterocycles. The van der Waals surface area contributed by atoms with E-state index in [1.165, 1.54) is 39.3 Å². The van der Waals surface area contributed by atoms with E-state index in [-0.39, 0.29) is 11.3 Å². The van der Waals surface area contributed by atoms with Gasteiger partial charge in [0.25, 0.3) is 0 Å². The average molecular weight is 425 g/mol. The van der Waals surface area contributed by atoms with Gasteiger partial charge in [0.2, 0.25) is 0 Å². The van der Waals surface area contributed by atoms with E-state index in [0.717, 1.165) is 6.07 Å². The number of aromatic amines is 1. The van der Waals surface area contributed by atoms with Gasteiger partial charge in [0.1, 0.15) is 11.6 Å². The Hall–Kier alpha value is -2.81. The maximum atomic E-state index is 14.0. The van der Waals surface area contributed by atoms with Gasteiger partial charge in [-0.2, -0.15) is 18.3 Å². The Morgan fingerprint density at radius 3 is 2.57 bits per heavy atom. The van der Waals surface area contributed by atoms with Crippen LogP contribution in [0.2, 0.25) is 0 Å². The molecule has 0 aliphatic rings. The van der Waals surface area contributed by atoms with Crippen molar-refractivity contribution in [3.63, 3.8) is 0 Å². The summed E-state index contributed by atoms with van der Waals surface area (Å²) in [4.78, 5) is 0. The molecule has 5 nitrogen and oxygen atoms in total. The first kappa shape index (κ1) is 21.9. The fourth-order valence-corrected chi connectivity index (χ4v) is 3.66. The lowest BCUT2D eigenvalue weighted by Gasteiger charge is -2.38. The maximum Gasteiger partial charge on any atom is 0.418 e. The lowest BCUT2D eigenvalue weighted by Crippen LogP contribution is -2.53. The second-order valence-electron chi connectivity index (χ2n) is 7.92. The van der Waals surface area contributed by atoms with Crippen molar-refractivity contribution >= 4 is 16.6 Å². The highest BCUT2D eigenvalue weighted by atomic mass is 19.4. The summed E-state index contributed by atoms with van der Waals surface area (Å²) in [6.07, 6.45) is -4.15. The van der Waals surface area contributed by atoms with Crippen LogP contribution in [-0.4, -0.2) is 40.7 Å². The molecule has 0 fully saturated rings. The molecule has 1 unspecified atom stereocenters. The Bertz CT molecular complexity index is 1030. The molecule has 3 rings (SSSR count). The molecule has 0 aliphatic heterocycles. The van der Waals surface area contributed by atoms with Gasteiger partial charge in [-0.05, 0) is 42.2 Å². The molecule has 162 valence electrons. The van der Waals surface area contributed by atoms with Crippen molar-refractivity contribution in [2.24, 2.45) is 0 Å². The van der Waals surface area contributed by atoms with Gasteiger partial charge in [-0.25, -0.2) is 4.39 Å². The van der Waals surface area contributed by atoms with Gasteiger partial charge in [-0.3, -0.25) is 5.10 Å². The van der Waals surface area contributed by atoms with E-state index in [4.69, 9.17) is 4.74 Å². The summed E-state index contributed by atoms with van der Waals surface area (Å²) in [5.41, 5.74) is -3.03. The van der Waals surface area contributed by atoms with Crippen LogP contribution in [0.4, 0.5) is 23.2 Å². The first-order valence-electron chi connectivity index (χ1n) is 9.26. The number of ether oxygens (including phenoxy) is 1. The summed E-state index contributed by atoms with van der Waals surface area (Å²) in [6, 6.07) is 8.67. The first-order chi connectivity index (χ1) is 14.0. The van der Waals surface area contributed by atoms with Crippen LogP contribution >= 0.6 is 0 Å². The van der Waals surface area contributed by atoms with E-state index >= 15 is 0 Å². The van der Waals surface area contributed by atoms with E-state index in [9.17, 15) is 22.7 Å². The zero-order chi connectivity index (χ0) is 22.2. The normalized spacial score (nSPS) is 14.5. The molecule has 0 bridgehead atoms. The quantitative estimate of drug-likeness (QED) is 0.477. The molecular formula is C21H23F4N3O2. The molecule has 1 aromatic heterocycles. The fraction of sp³-hybridized carbons (Fsp3) is 0.381. The minimum absolute atomic E-state index is 0.240. The predicted molar refractivity (Wildman–Crippen MR) is 106 cm³/mol. The highest BCUT2D eigenvalue weighted by Crippen LogP contribution is 2.44. The number of fused-ring (bicyclic) bond motifs is 1. The summed E-state index contributed by atoms with van der Waals surface area (Å²) < 4.78 is 60.9. The van der Waals surface area contributed by atoms with Gasteiger partial charge in [-0.15, -0.1) is 0 Å². The molecule has 3 aromatic rings. The number of nitrogens with one attached hydrogen (secondary N) is 2. The second-order valence-corrected chi connectivity index (χ2v) is 7.92. The van der Waals surface area contributed by atoms with Gasteiger partial charge in [0, 0.05) is 16.6 Å². The summed E-state index contributed by atoms with van der Waals surface area (Å²) in [5.74, 6) is -0.346. The number of aliphatic hydroxyl groups is 1. The standard InChI is InChI=1S/C21H23F4N3O2/c1-19(2,15-9-13(22)7-8-18(15)30-3)11-20(29,21(23,24)25)12-26-16-5-4-6-17-14(16)10-27-28-17/h4-10,26,29H,11-12H2,1-3H3,(H,27,28). The van der Waals surface area contributed by atoms with Crippen LogP contribution in [0, 0.1) is 5.82 Å². The van der Waals surface area contributed by atoms with Crippen molar-refractivity contribution in [3.8, 4) is 5.75 Å². The maximum absolute atomic E-state index is 14.0. The van der Waals surface area contributed by atoms with Crippen molar-refractivity contribution < 1.29 is 27.4 Å². The van der Waals surface area contributed by atoms with E-state index in [1.54, 1.807) is 18.2 Å². The molecule has 0 aliphatic carbocycles. The minimum atomic E-state index is -4.93. The Labute approximate surface area is 171 Å². The molecule has 0 amide bonds. The number of methoxy groups -OCH3 is 1. The number of hydrogen-bond donors (Lipinski definition) is 3. The highest BCUT2D eigenvalue weighted by molar-refractivity contribution is 5.90. The summed E-state index contributed by atoms with van der Waals surface area (Å²) in [6.45, 7) is 2.23. The summed E-state index contributed by atoms with van der Waals surface area (Å²) in [5, 5.41) is 20.6. The SMILES string of the molecule is COc1ccc(F)cc1C(C)(C)CC(O)(CNc1cccc2[nH]ncc12)C(F)(F)F. The van der Waals surface area contributed by atoms with E-state index in [0.29, 0.717) is 16.6 Å². The third-order valence-corrected chi connectivity index (χ3v) is 5.21. The number of benzene rings is 2. The van der Waals surface area contributed by atoms with E-state index in [1.807, 2.05) is 0 Å². The molecule has 30 heavy (non-hydrogen) atoms. The first-order valence-corrected chi connectivity index (χ1v) is 9.26. The summed E-state index contributed by atoms with van der Waals surface area (Å²) >= 11 is 0. The third-order valence-electron chi connectivity index (χ3n) is 5.21. The number of hydrogen-bond acceptors (Lipinski definition) is 4. The van der Waals surface area contributed by atoms with Gasteiger partial charge in [0.15, 0.2) is 5.60 Å². The van der Waals surface area contributed by atoms with Crippen LogP contribution in [0.5, 0.6) is 5.75 Å². The largest absolute Gasteiger partial charge is 0.496 e. The molecule has 9 heteroatoms. The molecule has 0 saturated carbocycles. The molecule has 0 radical (unpaired) electrons. The topological polar surface area (TPSA) is 70.2 Å². The highest BCUT2D eigenvalue weighted by Gasteiger charge is 2.56. The summed E-state index contributed by atoms with van der Waals surface area (Å²) in [7, 11) is 1.36. The minimum Gasteiger partial charge on any atom is -0.496 e. The number of halogens is 4. The van der Waals surface area contributed by atoms with Crippen LogP contribution in [0.15, 0.2) is 42.6 Å². The van der Waals surface area contributed by atoms with Crippen LogP contribution in [0.25, 0.3) is 10.9 Å². The lowest BCUT2D eigenvalue weighted by molar-refractivity contribution is -0.260. The Morgan fingerprint density at radius 1 is 1.17 bits per heavy atom. The van der Waals surface area contributed by atoms with Crippen LogP contribution in [-0.2, 0) is 5.41 Å². The Balaban J connectivity index is 1.92. The van der Waals surface area contributed by atoms with Crippen LogP contribution in [0.1, 0.15) is 25.8 Å². The number of aromatic nitrogens is 2. The number of anilines is 1. The van der Waals surface area contributed by atoms with Gasteiger partial charge >= 0.3 is 6.18 Å². The third kappa shape index (κ3) is 4.21. The molecule has 1 atom stereocenters. The van der Waals surface area contributed by atoms with Crippen molar-refractivity contribution in [2.45, 2.75) is 37.5 Å². The van der Waals surface area contributed by atoms with Crippen molar-refractivity contribution in [3.05, 3.63) is 54.0 Å².